The number of carbonyl (C=O) groups excluding carboxylic acids is 2. The zero-order valence-electron chi connectivity index (χ0n) is 15.2. The zero-order chi connectivity index (χ0) is 19.3. The number of ether oxygens (including phenoxy) is 1. The van der Waals surface area contributed by atoms with Gasteiger partial charge in [0.25, 0.3) is 0 Å². The molecule has 1 fully saturated rings. The number of pyridine rings is 1. The summed E-state index contributed by atoms with van der Waals surface area (Å²) in [6.07, 6.45) is 1.65. The summed E-state index contributed by atoms with van der Waals surface area (Å²) in [7, 11) is 0. The third kappa shape index (κ3) is 3.79. The molecule has 4 rings (SSSR count). The van der Waals surface area contributed by atoms with Crippen molar-refractivity contribution >= 4 is 39.8 Å². The fourth-order valence-corrected chi connectivity index (χ4v) is 3.22. The Morgan fingerprint density at radius 2 is 1.54 bits per heavy atom. The molecule has 28 heavy (non-hydrogen) atoms. The highest BCUT2D eigenvalue weighted by Gasteiger charge is 2.19. The topological polar surface area (TPSA) is 83.6 Å². The van der Waals surface area contributed by atoms with E-state index in [-0.39, 0.29) is 0 Å². The highest BCUT2D eigenvalue weighted by molar-refractivity contribution is 6.44. The summed E-state index contributed by atoms with van der Waals surface area (Å²) in [6, 6.07) is 16.6. The van der Waals surface area contributed by atoms with Gasteiger partial charge in [-0.25, -0.2) is 0 Å². The molecule has 142 valence electrons. The van der Waals surface area contributed by atoms with E-state index in [0.717, 1.165) is 24.2 Å². The lowest BCUT2D eigenvalue weighted by Gasteiger charge is -2.30. The van der Waals surface area contributed by atoms with Gasteiger partial charge < -0.3 is 20.3 Å². The number of fused-ring (bicyclic) bond motifs is 1. The number of carbonyl (C=O) groups is 2. The van der Waals surface area contributed by atoms with E-state index in [1.54, 1.807) is 18.3 Å². The molecule has 0 bridgehead atoms. The average molecular weight is 376 g/mol. The maximum absolute atomic E-state index is 12.5. The number of anilines is 3. The molecular formula is C21H20N4O3. The maximum atomic E-state index is 12.5. The predicted octanol–water partition coefficient (Wildman–Crippen LogP) is 2.65. The van der Waals surface area contributed by atoms with E-state index in [0.29, 0.717) is 30.1 Å². The Bertz CT molecular complexity index is 1010. The number of nitrogens with zero attached hydrogens (tertiary/aromatic N) is 2. The smallest absolute Gasteiger partial charge is 0.314 e. The number of hydrogen-bond donors (Lipinski definition) is 2. The minimum atomic E-state index is -0.741. The molecule has 1 aliphatic heterocycles. The fraction of sp³-hybridized carbons (Fsp3) is 0.190. The molecule has 7 nitrogen and oxygen atoms in total. The van der Waals surface area contributed by atoms with E-state index >= 15 is 0 Å². The van der Waals surface area contributed by atoms with Crippen molar-refractivity contribution in [1.82, 2.24) is 4.98 Å². The van der Waals surface area contributed by atoms with Crippen LogP contribution in [0.15, 0.2) is 60.8 Å². The molecule has 3 aromatic rings. The number of nitrogens with one attached hydrogen (secondary N) is 2. The number of morpholine rings is 1. The molecule has 2 heterocycles. The predicted molar refractivity (Wildman–Crippen MR) is 108 cm³/mol. The number of amides is 2. The molecule has 2 aromatic carbocycles. The van der Waals surface area contributed by atoms with Gasteiger partial charge in [-0.3, -0.25) is 14.6 Å². The van der Waals surface area contributed by atoms with Crippen molar-refractivity contribution in [3.05, 3.63) is 60.8 Å². The number of hydrogen-bond acceptors (Lipinski definition) is 5. The Balaban J connectivity index is 1.50. The van der Waals surface area contributed by atoms with Crippen molar-refractivity contribution in [2.45, 2.75) is 0 Å². The highest BCUT2D eigenvalue weighted by Crippen LogP contribution is 2.26. The lowest BCUT2D eigenvalue weighted by molar-refractivity contribution is -0.132. The minimum Gasteiger partial charge on any atom is -0.378 e. The summed E-state index contributed by atoms with van der Waals surface area (Å²) in [4.78, 5) is 31.4. The van der Waals surface area contributed by atoms with Crippen LogP contribution in [0.2, 0.25) is 0 Å². The first-order valence-corrected chi connectivity index (χ1v) is 9.10. The van der Waals surface area contributed by atoms with Crippen LogP contribution in [0.3, 0.4) is 0 Å². The summed E-state index contributed by atoms with van der Waals surface area (Å²) in [5, 5.41) is 6.27. The van der Waals surface area contributed by atoms with Crippen LogP contribution in [0.1, 0.15) is 0 Å². The molecule has 0 aliphatic carbocycles. The molecular weight excluding hydrogens is 356 g/mol. The van der Waals surface area contributed by atoms with Gasteiger partial charge in [0.15, 0.2) is 0 Å². The molecule has 0 saturated carbocycles. The number of rotatable bonds is 3. The van der Waals surface area contributed by atoms with Gasteiger partial charge in [0, 0.05) is 24.7 Å². The van der Waals surface area contributed by atoms with Crippen LogP contribution < -0.4 is 15.5 Å². The van der Waals surface area contributed by atoms with Gasteiger partial charge in [0.1, 0.15) is 0 Å². The van der Waals surface area contributed by atoms with Crippen molar-refractivity contribution in [3.8, 4) is 0 Å². The first-order valence-electron chi connectivity index (χ1n) is 9.10. The fourth-order valence-electron chi connectivity index (χ4n) is 3.22. The van der Waals surface area contributed by atoms with Crippen LogP contribution in [0.25, 0.3) is 10.9 Å². The van der Waals surface area contributed by atoms with Crippen LogP contribution in [-0.2, 0) is 14.3 Å². The van der Waals surface area contributed by atoms with E-state index in [1.807, 2.05) is 42.5 Å². The summed E-state index contributed by atoms with van der Waals surface area (Å²) < 4.78 is 5.38. The average Bonchev–Trinajstić information content (AvgIpc) is 2.75. The van der Waals surface area contributed by atoms with Gasteiger partial charge in [-0.15, -0.1) is 0 Å². The Kier molecular flexibility index (Phi) is 5.16. The first kappa shape index (κ1) is 17.9. The van der Waals surface area contributed by atoms with E-state index in [4.69, 9.17) is 4.74 Å². The van der Waals surface area contributed by atoms with Gasteiger partial charge in [0.2, 0.25) is 0 Å². The van der Waals surface area contributed by atoms with Crippen LogP contribution in [0.5, 0.6) is 0 Å². The summed E-state index contributed by atoms with van der Waals surface area (Å²) in [5.74, 6) is -1.47. The molecule has 2 amide bonds. The summed E-state index contributed by atoms with van der Waals surface area (Å²) >= 11 is 0. The first-order chi connectivity index (χ1) is 13.7. The standard InChI is InChI=1S/C21H20N4O3/c26-20(21(27)24-17-8-3-5-15-6-4-10-22-19(15)17)23-16-7-1-2-9-18(16)25-11-13-28-14-12-25/h1-10H,11-14H2,(H,23,26)(H,24,27). The van der Waals surface area contributed by atoms with E-state index in [1.165, 1.54) is 0 Å². The van der Waals surface area contributed by atoms with Crippen molar-refractivity contribution in [2.75, 3.05) is 41.8 Å². The van der Waals surface area contributed by atoms with Crippen LogP contribution in [0.4, 0.5) is 17.1 Å². The van der Waals surface area contributed by atoms with Gasteiger partial charge in [-0.1, -0.05) is 30.3 Å². The van der Waals surface area contributed by atoms with E-state index < -0.39 is 11.8 Å². The van der Waals surface area contributed by atoms with Crippen LogP contribution >= 0.6 is 0 Å². The largest absolute Gasteiger partial charge is 0.378 e. The molecule has 1 aliphatic rings. The number of benzene rings is 2. The molecule has 0 unspecified atom stereocenters. The van der Waals surface area contributed by atoms with E-state index in [2.05, 4.69) is 20.5 Å². The van der Waals surface area contributed by atoms with Crippen molar-refractivity contribution in [3.63, 3.8) is 0 Å². The minimum absolute atomic E-state index is 0.500. The molecule has 0 spiro atoms. The molecule has 0 atom stereocenters. The normalized spacial score (nSPS) is 13.9. The highest BCUT2D eigenvalue weighted by atomic mass is 16.5. The van der Waals surface area contributed by atoms with Gasteiger partial charge in [0.05, 0.1) is 35.8 Å². The quantitative estimate of drug-likeness (QED) is 0.687. The molecule has 1 saturated heterocycles. The van der Waals surface area contributed by atoms with Crippen molar-refractivity contribution < 1.29 is 14.3 Å². The van der Waals surface area contributed by atoms with E-state index in [9.17, 15) is 9.59 Å². The SMILES string of the molecule is O=C(Nc1ccccc1N1CCOCC1)C(=O)Nc1cccc2cccnc12. The van der Waals surface area contributed by atoms with Crippen LogP contribution in [-0.4, -0.2) is 43.1 Å². The summed E-state index contributed by atoms with van der Waals surface area (Å²) in [5.41, 5.74) is 2.61. The molecule has 1 aromatic heterocycles. The second kappa shape index (κ2) is 8.06. The third-order valence-corrected chi connectivity index (χ3v) is 4.59. The monoisotopic (exact) mass is 376 g/mol. The second-order valence-corrected chi connectivity index (χ2v) is 6.41. The molecule has 0 radical (unpaired) electrons. The Labute approximate surface area is 162 Å². The van der Waals surface area contributed by atoms with Crippen molar-refractivity contribution in [2.24, 2.45) is 0 Å². The molecule has 7 heteroatoms. The lowest BCUT2D eigenvalue weighted by atomic mass is 10.2. The Hall–Kier alpha value is -3.45. The second-order valence-electron chi connectivity index (χ2n) is 6.41. The van der Waals surface area contributed by atoms with Gasteiger partial charge >= 0.3 is 11.8 Å². The third-order valence-electron chi connectivity index (χ3n) is 4.59. The number of aromatic nitrogens is 1. The maximum Gasteiger partial charge on any atom is 0.314 e. The zero-order valence-corrected chi connectivity index (χ0v) is 15.2. The summed E-state index contributed by atoms with van der Waals surface area (Å²) in [6.45, 7) is 2.75. The Morgan fingerprint density at radius 3 is 2.36 bits per heavy atom. The number of para-hydroxylation sites is 3. The van der Waals surface area contributed by atoms with Crippen molar-refractivity contribution in [1.29, 1.82) is 0 Å². The van der Waals surface area contributed by atoms with Crippen LogP contribution in [0, 0.1) is 0 Å². The molecule has 2 N–H and O–H groups in total. The van der Waals surface area contributed by atoms with Gasteiger partial charge in [-0.2, -0.15) is 0 Å². The lowest BCUT2D eigenvalue weighted by Crippen LogP contribution is -2.37. The van der Waals surface area contributed by atoms with Gasteiger partial charge in [-0.05, 0) is 24.3 Å². The Morgan fingerprint density at radius 1 is 0.857 bits per heavy atom.